The highest BCUT2D eigenvalue weighted by molar-refractivity contribution is 5.99. The molecular formula is C20H24N2O5. The first-order valence-corrected chi connectivity index (χ1v) is 9.53. The first kappa shape index (κ1) is 17.9. The molecule has 27 heavy (non-hydrogen) atoms. The predicted octanol–water partition coefficient (Wildman–Crippen LogP) is 3.33. The SMILES string of the molecule is COC(=O)c1cc(C(=O)NCC23CC4CC(CC(C4)C2)C3)cc([N+](=O)[O-])c1. The summed E-state index contributed by atoms with van der Waals surface area (Å²) in [6, 6.07) is 3.69. The van der Waals surface area contributed by atoms with Crippen LogP contribution >= 0.6 is 0 Å². The van der Waals surface area contributed by atoms with Gasteiger partial charge in [-0.25, -0.2) is 4.79 Å². The highest BCUT2D eigenvalue weighted by atomic mass is 16.6. The lowest BCUT2D eigenvalue weighted by Gasteiger charge is -2.56. The van der Waals surface area contributed by atoms with Crippen molar-refractivity contribution in [2.45, 2.75) is 38.5 Å². The number of non-ortho nitro benzene ring substituents is 1. The maximum Gasteiger partial charge on any atom is 0.338 e. The van der Waals surface area contributed by atoms with Crippen LogP contribution in [0.1, 0.15) is 59.2 Å². The molecule has 7 heteroatoms. The van der Waals surface area contributed by atoms with Crippen molar-refractivity contribution in [1.82, 2.24) is 5.32 Å². The zero-order valence-corrected chi connectivity index (χ0v) is 15.4. The minimum absolute atomic E-state index is 0.00616. The van der Waals surface area contributed by atoms with Crippen LogP contribution < -0.4 is 5.32 Å². The molecule has 4 fully saturated rings. The number of rotatable bonds is 5. The molecule has 0 heterocycles. The van der Waals surface area contributed by atoms with Gasteiger partial charge in [-0.1, -0.05) is 0 Å². The summed E-state index contributed by atoms with van der Waals surface area (Å²) >= 11 is 0. The number of hydrogen-bond acceptors (Lipinski definition) is 5. The molecule has 0 atom stereocenters. The standard InChI is InChI=1S/C20H24N2O5/c1-27-19(24)16-5-15(6-17(7-16)22(25)26)18(23)21-11-20-8-12-2-13(9-20)4-14(3-12)10-20/h5-7,12-14H,2-4,8-11H2,1H3,(H,21,23). The minimum Gasteiger partial charge on any atom is -0.465 e. The van der Waals surface area contributed by atoms with Crippen molar-refractivity contribution in [1.29, 1.82) is 0 Å². The van der Waals surface area contributed by atoms with Gasteiger partial charge in [0.25, 0.3) is 11.6 Å². The molecule has 4 bridgehead atoms. The van der Waals surface area contributed by atoms with Crippen molar-refractivity contribution in [2.24, 2.45) is 23.2 Å². The number of hydrogen-bond donors (Lipinski definition) is 1. The van der Waals surface area contributed by atoms with E-state index in [4.69, 9.17) is 0 Å². The van der Waals surface area contributed by atoms with Gasteiger partial charge < -0.3 is 10.1 Å². The van der Waals surface area contributed by atoms with Crippen LogP contribution in [0.15, 0.2) is 18.2 Å². The van der Waals surface area contributed by atoms with Crippen LogP contribution in [0.25, 0.3) is 0 Å². The number of nitrogens with zero attached hydrogens (tertiary/aromatic N) is 1. The van der Waals surface area contributed by atoms with E-state index in [1.807, 2.05) is 0 Å². The average Bonchev–Trinajstić information content (AvgIpc) is 2.64. The third-order valence-corrected chi connectivity index (χ3v) is 6.60. The number of nitro groups is 1. The molecular weight excluding hydrogens is 348 g/mol. The Kier molecular flexibility index (Phi) is 4.40. The Balaban J connectivity index is 1.50. The molecule has 0 saturated heterocycles. The van der Waals surface area contributed by atoms with Crippen LogP contribution in [0.3, 0.4) is 0 Å². The summed E-state index contributed by atoms with van der Waals surface area (Å²) in [6.45, 7) is 0.603. The molecule has 1 aromatic rings. The van der Waals surface area contributed by atoms with Crippen molar-refractivity contribution >= 4 is 17.6 Å². The van der Waals surface area contributed by atoms with E-state index in [2.05, 4.69) is 10.1 Å². The fourth-order valence-electron chi connectivity index (χ4n) is 5.96. The van der Waals surface area contributed by atoms with Gasteiger partial charge >= 0.3 is 5.97 Å². The summed E-state index contributed by atoms with van der Waals surface area (Å²) in [7, 11) is 1.20. The van der Waals surface area contributed by atoms with E-state index in [-0.39, 0.29) is 28.1 Å². The average molecular weight is 372 g/mol. The second-order valence-electron chi connectivity index (χ2n) is 8.62. The molecule has 4 aliphatic rings. The summed E-state index contributed by atoms with van der Waals surface area (Å²) in [6.07, 6.45) is 7.51. The smallest absolute Gasteiger partial charge is 0.338 e. The molecule has 5 rings (SSSR count). The highest BCUT2D eigenvalue weighted by Crippen LogP contribution is 2.59. The maximum absolute atomic E-state index is 12.7. The summed E-state index contributed by atoms with van der Waals surface area (Å²) in [4.78, 5) is 35.0. The molecule has 1 aromatic carbocycles. The topological polar surface area (TPSA) is 98.5 Å². The molecule has 1 amide bonds. The number of benzene rings is 1. The van der Waals surface area contributed by atoms with Crippen molar-refractivity contribution in [2.75, 3.05) is 13.7 Å². The molecule has 7 nitrogen and oxygen atoms in total. The van der Waals surface area contributed by atoms with Gasteiger partial charge in [-0.2, -0.15) is 0 Å². The van der Waals surface area contributed by atoms with Crippen molar-refractivity contribution in [3.05, 3.63) is 39.4 Å². The van der Waals surface area contributed by atoms with E-state index in [9.17, 15) is 19.7 Å². The van der Waals surface area contributed by atoms with Gasteiger partial charge in [0.2, 0.25) is 0 Å². The molecule has 0 radical (unpaired) electrons. The van der Waals surface area contributed by atoms with E-state index in [0.717, 1.165) is 23.8 Å². The Labute approximate surface area is 157 Å². The molecule has 0 aromatic heterocycles. The van der Waals surface area contributed by atoms with Crippen molar-refractivity contribution < 1.29 is 19.2 Å². The van der Waals surface area contributed by atoms with Crippen LogP contribution in [0, 0.1) is 33.3 Å². The predicted molar refractivity (Wildman–Crippen MR) is 97.4 cm³/mol. The zero-order chi connectivity index (χ0) is 19.2. The van der Waals surface area contributed by atoms with Crippen LogP contribution in [-0.2, 0) is 4.74 Å². The Morgan fingerprint density at radius 1 is 1.11 bits per heavy atom. The van der Waals surface area contributed by atoms with E-state index in [0.29, 0.717) is 6.54 Å². The van der Waals surface area contributed by atoms with Crippen molar-refractivity contribution in [3.63, 3.8) is 0 Å². The van der Waals surface area contributed by atoms with Crippen molar-refractivity contribution in [3.8, 4) is 0 Å². The normalized spacial score (nSPS) is 30.8. The number of nitro benzene ring substituents is 1. The summed E-state index contributed by atoms with van der Waals surface area (Å²) < 4.78 is 4.64. The van der Waals surface area contributed by atoms with Crippen LogP contribution in [-0.4, -0.2) is 30.5 Å². The summed E-state index contributed by atoms with van der Waals surface area (Å²) in [5.74, 6) is 1.29. The minimum atomic E-state index is -0.700. The molecule has 4 aliphatic carbocycles. The van der Waals surface area contributed by atoms with Gasteiger partial charge in [0, 0.05) is 24.2 Å². The number of nitrogens with one attached hydrogen (secondary N) is 1. The largest absolute Gasteiger partial charge is 0.465 e. The molecule has 0 unspecified atom stereocenters. The zero-order valence-electron chi connectivity index (χ0n) is 15.4. The number of esters is 1. The van der Waals surface area contributed by atoms with Gasteiger partial charge in [0.15, 0.2) is 0 Å². The lowest BCUT2D eigenvalue weighted by molar-refractivity contribution is -0.384. The van der Waals surface area contributed by atoms with E-state index in [1.165, 1.54) is 57.8 Å². The molecule has 144 valence electrons. The lowest BCUT2D eigenvalue weighted by Crippen LogP contribution is -2.51. The number of amides is 1. The van der Waals surface area contributed by atoms with E-state index >= 15 is 0 Å². The Morgan fingerprint density at radius 3 is 2.19 bits per heavy atom. The van der Waals surface area contributed by atoms with E-state index < -0.39 is 10.9 Å². The number of methoxy groups -OCH3 is 1. The maximum atomic E-state index is 12.7. The number of carbonyl (C=O) groups is 2. The fourth-order valence-corrected chi connectivity index (χ4v) is 5.96. The van der Waals surface area contributed by atoms with E-state index in [1.54, 1.807) is 0 Å². The second-order valence-corrected chi connectivity index (χ2v) is 8.62. The van der Waals surface area contributed by atoms with Crippen LogP contribution in [0.4, 0.5) is 5.69 Å². The van der Waals surface area contributed by atoms with Gasteiger partial charge in [-0.05, 0) is 67.8 Å². The first-order valence-electron chi connectivity index (χ1n) is 9.53. The first-order chi connectivity index (χ1) is 12.9. The van der Waals surface area contributed by atoms with Gasteiger partial charge in [0.05, 0.1) is 17.6 Å². The fraction of sp³-hybridized carbons (Fsp3) is 0.600. The lowest BCUT2D eigenvalue weighted by atomic mass is 9.49. The second kappa shape index (κ2) is 6.62. The number of carbonyl (C=O) groups excluding carboxylic acids is 2. The van der Waals surface area contributed by atoms with Crippen LogP contribution in [0.2, 0.25) is 0 Å². The van der Waals surface area contributed by atoms with Gasteiger partial charge in [-0.15, -0.1) is 0 Å². The third-order valence-electron chi connectivity index (χ3n) is 6.60. The molecule has 1 N–H and O–H groups in total. The third kappa shape index (κ3) is 3.42. The summed E-state index contributed by atoms with van der Waals surface area (Å²) in [5.41, 5.74) is 0.00914. The van der Waals surface area contributed by atoms with Crippen LogP contribution in [0.5, 0.6) is 0 Å². The monoisotopic (exact) mass is 372 g/mol. The Morgan fingerprint density at radius 2 is 1.67 bits per heavy atom. The Hall–Kier alpha value is -2.44. The van der Waals surface area contributed by atoms with Gasteiger partial charge in [0.1, 0.15) is 0 Å². The molecule has 0 aliphatic heterocycles. The Bertz CT molecular complexity index is 768. The number of ether oxygens (including phenoxy) is 1. The van der Waals surface area contributed by atoms with Gasteiger partial charge in [-0.3, -0.25) is 14.9 Å². The highest BCUT2D eigenvalue weighted by Gasteiger charge is 2.50. The molecule has 4 saturated carbocycles. The summed E-state index contributed by atoms with van der Waals surface area (Å²) in [5, 5.41) is 14.1. The quantitative estimate of drug-likeness (QED) is 0.486. The molecule has 0 spiro atoms.